The fraction of sp³-hybridized carbons (Fsp3) is 0.429. The van der Waals surface area contributed by atoms with Gasteiger partial charge in [-0.2, -0.15) is 0 Å². The molecule has 1 aliphatic rings. The number of rotatable bonds is 4. The molecule has 6 nitrogen and oxygen atoms in total. The number of benzene rings is 1. The highest BCUT2D eigenvalue weighted by Crippen LogP contribution is 2.30. The van der Waals surface area contributed by atoms with Gasteiger partial charge < -0.3 is 14.9 Å². The maximum absolute atomic E-state index is 12.0. The predicted molar refractivity (Wildman–Crippen MR) is 70.0 cm³/mol. The number of carboxylic acids is 1. The Bertz CT molecular complexity index is 490. The van der Waals surface area contributed by atoms with E-state index in [9.17, 15) is 19.8 Å². The number of hydrogen-bond acceptors (Lipinski definition) is 4. The lowest BCUT2D eigenvalue weighted by Crippen LogP contribution is -2.55. The molecule has 0 spiro atoms. The molecular formula is C14H17NO5. The van der Waals surface area contributed by atoms with Crippen LogP contribution in [-0.4, -0.2) is 45.9 Å². The quantitative estimate of drug-likeness (QED) is 0.865. The van der Waals surface area contributed by atoms with Crippen molar-refractivity contribution in [3.05, 3.63) is 35.9 Å². The molecule has 1 aromatic rings. The molecule has 1 amide bonds. The first-order valence-corrected chi connectivity index (χ1v) is 6.43. The highest BCUT2D eigenvalue weighted by molar-refractivity contribution is 5.85. The molecule has 0 bridgehead atoms. The zero-order valence-corrected chi connectivity index (χ0v) is 11.0. The Labute approximate surface area is 116 Å². The second kappa shape index (κ2) is 5.92. The van der Waals surface area contributed by atoms with Crippen molar-refractivity contribution >= 4 is 12.1 Å². The normalized spacial score (nSPS) is 21.8. The summed E-state index contributed by atoms with van der Waals surface area (Å²) in [6, 6.07) is 9.14. The maximum atomic E-state index is 12.0. The first kappa shape index (κ1) is 14.3. The Morgan fingerprint density at radius 1 is 1.30 bits per heavy atom. The van der Waals surface area contributed by atoms with Crippen LogP contribution < -0.4 is 0 Å². The lowest BCUT2D eigenvalue weighted by atomic mass is 9.98. The van der Waals surface area contributed by atoms with Crippen LogP contribution in [0.5, 0.6) is 0 Å². The predicted octanol–water partition coefficient (Wildman–Crippen LogP) is 1.23. The van der Waals surface area contributed by atoms with Gasteiger partial charge in [0.2, 0.25) is 0 Å². The minimum atomic E-state index is -1.55. The number of carbonyl (C=O) groups is 2. The maximum Gasteiger partial charge on any atom is 0.411 e. The van der Waals surface area contributed by atoms with Gasteiger partial charge in [0.1, 0.15) is 6.61 Å². The Kier molecular flexibility index (Phi) is 4.24. The average Bonchev–Trinajstić information content (AvgIpc) is 2.91. The number of carboxylic acid groups (broad SMARTS) is 1. The molecule has 2 N–H and O–H groups in total. The van der Waals surface area contributed by atoms with E-state index in [0.29, 0.717) is 6.42 Å². The summed E-state index contributed by atoms with van der Waals surface area (Å²) < 4.78 is 5.13. The van der Waals surface area contributed by atoms with Crippen LogP contribution in [0.15, 0.2) is 30.3 Å². The van der Waals surface area contributed by atoms with E-state index in [1.807, 2.05) is 30.3 Å². The van der Waals surface area contributed by atoms with E-state index in [-0.39, 0.29) is 19.6 Å². The molecule has 0 aliphatic carbocycles. The van der Waals surface area contributed by atoms with Gasteiger partial charge in [0, 0.05) is 6.54 Å². The van der Waals surface area contributed by atoms with Crippen molar-refractivity contribution in [2.75, 3.05) is 13.2 Å². The monoisotopic (exact) mass is 279 g/mol. The van der Waals surface area contributed by atoms with E-state index in [4.69, 9.17) is 4.74 Å². The molecule has 1 aliphatic heterocycles. The first-order chi connectivity index (χ1) is 9.60. The number of ether oxygens (including phenoxy) is 1. The number of aliphatic hydroxyl groups is 1. The van der Waals surface area contributed by atoms with E-state index < -0.39 is 24.2 Å². The summed E-state index contributed by atoms with van der Waals surface area (Å²) in [6.45, 7) is -0.249. The third-order valence-corrected chi connectivity index (χ3v) is 3.57. The summed E-state index contributed by atoms with van der Waals surface area (Å²) in [4.78, 5) is 24.5. The highest BCUT2D eigenvalue weighted by atomic mass is 16.6. The van der Waals surface area contributed by atoms with Crippen molar-refractivity contribution in [1.29, 1.82) is 0 Å². The molecule has 108 valence electrons. The summed E-state index contributed by atoms with van der Waals surface area (Å²) in [7, 11) is 0. The molecule has 1 atom stereocenters. The zero-order valence-electron chi connectivity index (χ0n) is 11.0. The number of amides is 1. The van der Waals surface area contributed by atoms with Crippen molar-refractivity contribution < 1.29 is 24.5 Å². The van der Waals surface area contributed by atoms with Gasteiger partial charge in [0.25, 0.3) is 0 Å². The van der Waals surface area contributed by atoms with Gasteiger partial charge in [0.05, 0.1) is 6.61 Å². The summed E-state index contributed by atoms with van der Waals surface area (Å²) in [5.41, 5.74) is -0.724. The molecule has 1 fully saturated rings. The number of likely N-dealkylation sites (tertiary alicyclic amines) is 1. The molecule has 1 unspecified atom stereocenters. The summed E-state index contributed by atoms with van der Waals surface area (Å²) >= 11 is 0. The third kappa shape index (κ3) is 2.60. The minimum Gasteiger partial charge on any atom is -0.479 e. The van der Waals surface area contributed by atoms with Crippen molar-refractivity contribution in [2.24, 2.45) is 0 Å². The largest absolute Gasteiger partial charge is 0.479 e. The molecule has 0 aromatic heterocycles. The van der Waals surface area contributed by atoms with Crippen molar-refractivity contribution in [2.45, 2.75) is 25.0 Å². The summed E-state index contributed by atoms with van der Waals surface area (Å²) in [5.74, 6) is -1.20. The minimum absolute atomic E-state index is 0.0807. The van der Waals surface area contributed by atoms with Gasteiger partial charge in [-0.05, 0) is 18.4 Å². The molecule has 0 saturated carbocycles. The van der Waals surface area contributed by atoms with Crippen LogP contribution in [-0.2, 0) is 16.1 Å². The standard InChI is InChI=1S/C14H17NO5/c16-10-14(12(17)18)7-4-8-15(14)13(19)20-9-11-5-2-1-3-6-11/h1-3,5-6,16H,4,7-10H2,(H,17,18). The van der Waals surface area contributed by atoms with Crippen LogP contribution >= 0.6 is 0 Å². The first-order valence-electron chi connectivity index (χ1n) is 6.43. The van der Waals surface area contributed by atoms with Gasteiger partial charge in [-0.15, -0.1) is 0 Å². The Morgan fingerprint density at radius 2 is 2.00 bits per heavy atom. The van der Waals surface area contributed by atoms with Crippen LogP contribution in [0.4, 0.5) is 4.79 Å². The van der Waals surface area contributed by atoms with Gasteiger partial charge in [-0.25, -0.2) is 9.59 Å². The average molecular weight is 279 g/mol. The van der Waals surface area contributed by atoms with Gasteiger partial charge in [-0.3, -0.25) is 4.90 Å². The van der Waals surface area contributed by atoms with Crippen molar-refractivity contribution in [3.8, 4) is 0 Å². The van der Waals surface area contributed by atoms with Crippen molar-refractivity contribution in [3.63, 3.8) is 0 Å². The molecule has 2 rings (SSSR count). The van der Waals surface area contributed by atoms with E-state index in [1.165, 1.54) is 0 Å². The number of hydrogen-bond donors (Lipinski definition) is 2. The van der Waals surface area contributed by atoms with Gasteiger partial charge in [-0.1, -0.05) is 30.3 Å². The number of nitrogens with zero attached hydrogens (tertiary/aromatic N) is 1. The van der Waals surface area contributed by atoms with E-state index in [1.54, 1.807) is 0 Å². The molecule has 1 heterocycles. The van der Waals surface area contributed by atoms with E-state index in [0.717, 1.165) is 10.5 Å². The van der Waals surface area contributed by atoms with Gasteiger partial charge in [0.15, 0.2) is 5.54 Å². The van der Waals surface area contributed by atoms with Crippen LogP contribution in [0, 0.1) is 0 Å². The molecule has 1 aromatic carbocycles. The fourth-order valence-corrected chi connectivity index (χ4v) is 2.40. The third-order valence-electron chi connectivity index (χ3n) is 3.57. The number of carbonyl (C=O) groups excluding carboxylic acids is 1. The Hall–Kier alpha value is -2.08. The van der Waals surface area contributed by atoms with E-state index in [2.05, 4.69) is 0 Å². The van der Waals surface area contributed by atoms with Crippen LogP contribution in [0.25, 0.3) is 0 Å². The number of aliphatic carboxylic acids is 1. The summed E-state index contributed by atoms with van der Waals surface area (Å²) in [5, 5.41) is 18.6. The topological polar surface area (TPSA) is 87.1 Å². The SMILES string of the molecule is O=C(OCc1ccccc1)N1CCCC1(CO)C(=O)O. The lowest BCUT2D eigenvalue weighted by Gasteiger charge is -2.32. The highest BCUT2D eigenvalue weighted by Gasteiger charge is 2.50. The second-order valence-electron chi connectivity index (χ2n) is 4.79. The molecular weight excluding hydrogens is 262 g/mol. The van der Waals surface area contributed by atoms with Crippen LogP contribution in [0.1, 0.15) is 18.4 Å². The summed E-state index contributed by atoms with van der Waals surface area (Å²) in [6.07, 6.45) is 0.0647. The van der Waals surface area contributed by atoms with Crippen molar-refractivity contribution in [1.82, 2.24) is 4.90 Å². The molecule has 0 radical (unpaired) electrons. The second-order valence-corrected chi connectivity index (χ2v) is 4.79. The number of aliphatic hydroxyl groups excluding tert-OH is 1. The van der Waals surface area contributed by atoms with Crippen LogP contribution in [0.2, 0.25) is 0 Å². The molecule has 1 saturated heterocycles. The molecule has 6 heteroatoms. The fourth-order valence-electron chi connectivity index (χ4n) is 2.40. The smallest absolute Gasteiger partial charge is 0.411 e. The Morgan fingerprint density at radius 3 is 2.60 bits per heavy atom. The van der Waals surface area contributed by atoms with Gasteiger partial charge >= 0.3 is 12.1 Å². The lowest BCUT2D eigenvalue weighted by molar-refractivity contribution is -0.151. The molecule has 20 heavy (non-hydrogen) atoms. The Balaban J connectivity index is 2.03. The zero-order chi connectivity index (χ0) is 14.6. The van der Waals surface area contributed by atoms with E-state index >= 15 is 0 Å². The van der Waals surface area contributed by atoms with Crippen LogP contribution in [0.3, 0.4) is 0 Å².